The van der Waals surface area contributed by atoms with Crippen molar-refractivity contribution in [3.8, 4) is 0 Å². The third-order valence-corrected chi connectivity index (χ3v) is 5.02. The molecule has 0 aromatic rings. The summed E-state index contributed by atoms with van der Waals surface area (Å²) < 4.78 is 11.3. The molecule has 1 aliphatic rings. The van der Waals surface area contributed by atoms with E-state index in [1.165, 1.54) is 0 Å². The first kappa shape index (κ1) is 21.4. The molecule has 0 fully saturated rings. The highest BCUT2D eigenvalue weighted by atomic mass is 32.1. The molecule has 0 spiro atoms. The van der Waals surface area contributed by atoms with Crippen LogP contribution in [0.2, 0.25) is 0 Å². The van der Waals surface area contributed by atoms with E-state index in [9.17, 15) is 4.79 Å². The number of nitrogens with zero attached hydrogens (tertiary/aromatic N) is 1. The van der Waals surface area contributed by atoms with E-state index in [-0.39, 0.29) is 22.9 Å². The van der Waals surface area contributed by atoms with Gasteiger partial charge in [0.25, 0.3) is 0 Å². The van der Waals surface area contributed by atoms with Crippen LogP contribution in [0.5, 0.6) is 0 Å². The molecule has 2 atom stereocenters. The number of carbonyl (C=O) groups excluding carboxylic acids is 1. The fraction of sp³-hybridized carbons (Fsp3) is 0.833. The van der Waals surface area contributed by atoms with Crippen LogP contribution in [0, 0.1) is 0 Å². The Balaban J connectivity index is 2.77. The zero-order valence-electron chi connectivity index (χ0n) is 16.6. The number of ether oxygens (including phenoxy) is 1. The molecule has 0 aromatic heterocycles. The van der Waals surface area contributed by atoms with Gasteiger partial charge in [-0.25, -0.2) is 4.79 Å². The topological polar surface area (TPSA) is 38.8 Å². The van der Waals surface area contributed by atoms with Crippen LogP contribution >= 0.6 is 12.6 Å². The molecule has 1 amide bonds. The Morgan fingerprint density at radius 1 is 1.21 bits per heavy atom. The molecule has 4 nitrogen and oxygen atoms in total. The van der Waals surface area contributed by atoms with E-state index in [0.29, 0.717) is 0 Å². The fourth-order valence-corrected chi connectivity index (χ4v) is 2.47. The van der Waals surface area contributed by atoms with E-state index in [4.69, 9.17) is 9.39 Å². The summed E-state index contributed by atoms with van der Waals surface area (Å²) in [5, 5.41) is 0. The summed E-state index contributed by atoms with van der Waals surface area (Å²) in [6.07, 6.45) is 2.54. The van der Waals surface area contributed by atoms with Crippen LogP contribution < -0.4 is 0 Å². The highest BCUT2D eigenvalue weighted by Crippen LogP contribution is 2.32. The number of thiol groups is 1. The van der Waals surface area contributed by atoms with E-state index in [1.807, 2.05) is 69.8 Å². The molecule has 0 aliphatic carbocycles. The summed E-state index contributed by atoms with van der Waals surface area (Å²) in [5.74, 6) is 0. The lowest BCUT2D eigenvalue weighted by Gasteiger charge is -2.41. The predicted molar refractivity (Wildman–Crippen MR) is 104 cm³/mol. The summed E-state index contributed by atoms with van der Waals surface area (Å²) in [6.45, 7) is 17.8. The maximum Gasteiger partial charge on any atom is 0.411 e. The van der Waals surface area contributed by atoms with Crippen LogP contribution in [0.15, 0.2) is 11.5 Å². The van der Waals surface area contributed by atoms with Gasteiger partial charge in [-0.15, -0.1) is 0 Å². The van der Waals surface area contributed by atoms with Crippen molar-refractivity contribution in [3.63, 3.8) is 0 Å². The van der Waals surface area contributed by atoms with Gasteiger partial charge in [0.2, 0.25) is 0 Å². The number of carbonyl (C=O) groups is 1. The van der Waals surface area contributed by atoms with Crippen molar-refractivity contribution in [3.05, 3.63) is 11.5 Å². The molecule has 0 N–H and O–H groups in total. The summed E-state index contributed by atoms with van der Waals surface area (Å²) >= 11 is 4.62. The summed E-state index contributed by atoms with van der Waals surface area (Å²) in [5.41, 5.74) is 0.212. The van der Waals surface area contributed by atoms with Crippen LogP contribution in [-0.4, -0.2) is 46.5 Å². The Bertz CT molecular complexity index is 491. The second kappa shape index (κ2) is 7.32. The first-order valence-electron chi connectivity index (χ1n) is 8.59. The van der Waals surface area contributed by atoms with Crippen molar-refractivity contribution in [2.45, 2.75) is 96.8 Å². The van der Waals surface area contributed by atoms with Gasteiger partial charge in [-0.3, -0.25) is 4.90 Å². The minimum Gasteiger partial charge on any atom is -0.444 e. The van der Waals surface area contributed by atoms with Gasteiger partial charge in [-0.1, -0.05) is 11.5 Å². The zero-order valence-corrected chi connectivity index (χ0v) is 17.5. The molecule has 0 saturated carbocycles. The molecule has 1 heterocycles. The summed E-state index contributed by atoms with van der Waals surface area (Å²) in [6, 6.07) is 0.0207. The van der Waals surface area contributed by atoms with Crippen molar-refractivity contribution in [1.29, 1.82) is 0 Å². The lowest BCUT2D eigenvalue weighted by Crippen LogP contribution is -2.50. The maximum atomic E-state index is 12.4. The molecule has 6 heteroatoms. The molecule has 1 radical (unpaired) electrons. The third kappa shape index (κ3) is 5.73. The highest BCUT2D eigenvalue weighted by Gasteiger charge is 2.37. The van der Waals surface area contributed by atoms with Crippen LogP contribution in [0.4, 0.5) is 4.79 Å². The number of hydrogen-bond donors (Lipinski definition) is 1. The van der Waals surface area contributed by atoms with Crippen molar-refractivity contribution >= 4 is 26.2 Å². The van der Waals surface area contributed by atoms with Gasteiger partial charge in [0.15, 0.2) is 0 Å². The van der Waals surface area contributed by atoms with Crippen molar-refractivity contribution in [2.24, 2.45) is 0 Å². The molecular weight excluding hydrogens is 321 g/mol. The van der Waals surface area contributed by atoms with E-state index in [1.54, 1.807) is 4.90 Å². The monoisotopic (exact) mass is 354 g/mol. The molecular formula is C18H33BNO3S. The Kier molecular flexibility index (Phi) is 6.54. The van der Waals surface area contributed by atoms with Crippen LogP contribution in [-0.2, 0) is 9.39 Å². The minimum atomic E-state index is -0.488. The smallest absolute Gasteiger partial charge is 0.411 e. The van der Waals surface area contributed by atoms with Crippen molar-refractivity contribution in [1.82, 2.24) is 4.90 Å². The normalized spacial score (nSPS) is 22.9. The molecule has 2 unspecified atom stereocenters. The largest absolute Gasteiger partial charge is 0.444 e. The molecule has 137 valence electrons. The molecule has 0 saturated heterocycles. The predicted octanol–water partition coefficient (Wildman–Crippen LogP) is 4.41. The fourth-order valence-electron chi connectivity index (χ4n) is 2.41. The molecule has 0 aromatic carbocycles. The molecule has 24 heavy (non-hydrogen) atoms. The van der Waals surface area contributed by atoms with Gasteiger partial charge in [0.05, 0.1) is 11.6 Å². The van der Waals surface area contributed by atoms with Gasteiger partial charge in [0, 0.05) is 10.8 Å². The van der Waals surface area contributed by atoms with Gasteiger partial charge < -0.3 is 9.39 Å². The van der Waals surface area contributed by atoms with E-state index < -0.39 is 11.2 Å². The maximum absolute atomic E-state index is 12.4. The van der Waals surface area contributed by atoms with Crippen LogP contribution in [0.25, 0.3) is 0 Å². The zero-order chi connectivity index (χ0) is 18.9. The van der Waals surface area contributed by atoms with Crippen LogP contribution in [0.1, 0.15) is 68.7 Å². The van der Waals surface area contributed by atoms with Gasteiger partial charge in [-0.2, -0.15) is 12.6 Å². The standard InChI is InChI=1S/C18H33BNO3S/c1-12-10-14(19-23-17(6,7)18(8,9)24)11-13(2)20(12)15(21)22-16(3,4)5/h10,12-13,24H,11H2,1-9H3. The molecule has 1 aliphatic heterocycles. The first-order valence-corrected chi connectivity index (χ1v) is 9.04. The van der Waals surface area contributed by atoms with Crippen molar-refractivity contribution in [2.75, 3.05) is 0 Å². The Morgan fingerprint density at radius 2 is 1.75 bits per heavy atom. The minimum absolute atomic E-state index is 0.0365. The Hall–Kier alpha value is -0.615. The average molecular weight is 354 g/mol. The second-order valence-electron chi connectivity index (χ2n) is 8.73. The number of amides is 1. The first-order chi connectivity index (χ1) is 10.6. The SMILES string of the molecule is CC1C=C([B]OC(C)(C)C(C)(C)S)CC(C)N1C(=O)OC(C)(C)C. The Morgan fingerprint density at radius 3 is 2.17 bits per heavy atom. The van der Waals surface area contributed by atoms with E-state index >= 15 is 0 Å². The quantitative estimate of drug-likeness (QED) is 0.600. The third-order valence-electron chi connectivity index (χ3n) is 4.48. The number of rotatable bonds is 4. The summed E-state index contributed by atoms with van der Waals surface area (Å²) in [4.78, 5) is 14.2. The Labute approximate surface area is 154 Å². The van der Waals surface area contributed by atoms with E-state index in [2.05, 4.69) is 18.7 Å². The summed E-state index contributed by atoms with van der Waals surface area (Å²) in [7, 11) is 1.82. The molecule has 1 rings (SSSR count). The lowest BCUT2D eigenvalue weighted by molar-refractivity contribution is 0.0113. The average Bonchev–Trinajstić information content (AvgIpc) is 2.31. The molecule has 0 bridgehead atoms. The van der Waals surface area contributed by atoms with Gasteiger partial charge in [-0.05, 0) is 68.7 Å². The van der Waals surface area contributed by atoms with Gasteiger partial charge >= 0.3 is 13.6 Å². The van der Waals surface area contributed by atoms with Crippen LogP contribution in [0.3, 0.4) is 0 Å². The van der Waals surface area contributed by atoms with Gasteiger partial charge in [0.1, 0.15) is 5.60 Å². The lowest BCUT2D eigenvalue weighted by atomic mass is 9.77. The highest BCUT2D eigenvalue weighted by molar-refractivity contribution is 7.81. The van der Waals surface area contributed by atoms with E-state index in [0.717, 1.165) is 11.9 Å². The van der Waals surface area contributed by atoms with Crippen molar-refractivity contribution < 1.29 is 14.2 Å². The number of hydrogen-bond acceptors (Lipinski definition) is 4. The second-order valence-corrected chi connectivity index (χ2v) is 9.85.